The van der Waals surface area contributed by atoms with E-state index in [4.69, 9.17) is 0 Å². The normalized spacial score (nSPS) is 16.5. The Balaban J connectivity index is 1.88. The highest BCUT2D eigenvalue weighted by molar-refractivity contribution is 5.99. The molecule has 2 aromatic rings. The Bertz CT molecular complexity index is 669. The number of hydrogen-bond donors (Lipinski definition) is 3. The van der Waals surface area contributed by atoms with Gasteiger partial charge in [0.15, 0.2) is 0 Å². The molecule has 0 radical (unpaired) electrons. The maximum Gasteiger partial charge on any atom is 0.252 e. The quantitative estimate of drug-likeness (QED) is 0.800. The van der Waals surface area contributed by atoms with Crippen molar-refractivity contribution >= 4 is 23.1 Å². The van der Waals surface area contributed by atoms with Crippen LogP contribution in [0.1, 0.15) is 28.9 Å². The van der Waals surface area contributed by atoms with Gasteiger partial charge in [0.25, 0.3) is 5.91 Å². The highest BCUT2D eigenvalue weighted by Crippen LogP contribution is 2.29. The molecule has 5 nitrogen and oxygen atoms in total. The van der Waals surface area contributed by atoms with Crippen molar-refractivity contribution in [3.63, 3.8) is 0 Å². The molecule has 1 aromatic heterocycles. The number of amides is 1. The van der Waals surface area contributed by atoms with Crippen molar-refractivity contribution in [3.8, 4) is 0 Å². The number of nitrogens with one attached hydrogen (secondary N) is 3. The molecule has 3 rings (SSSR count). The number of benzene rings is 1. The van der Waals surface area contributed by atoms with E-state index in [1.807, 2.05) is 44.3 Å². The Hall–Kier alpha value is -2.56. The molecule has 1 unspecified atom stereocenters. The van der Waals surface area contributed by atoms with Crippen molar-refractivity contribution in [2.24, 2.45) is 0 Å². The van der Waals surface area contributed by atoms with Crippen LogP contribution in [0.3, 0.4) is 0 Å². The molecule has 0 bridgehead atoms. The summed E-state index contributed by atoms with van der Waals surface area (Å²) < 4.78 is 0. The first-order valence-corrected chi connectivity index (χ1v) is 6.53. The van der Waals surface area contributed by atoms with Crippen molar-refractivity contribution in [3.05, 3.63) is 47.7 Å². The van der Waals surface area contributed by atoms with Gasteiger partial charge in [0.05, 0.1) is 6.04 Å². The van der Waals surface area contributed by atoms with Crippen LogP contribution in [0.2, 0.25) is 0 Å². The molecule has 3 N–H and O–H groups in total. The largest absolute Gasteiger partial charge is 0.373 e. The number of carbonyl (C=O) groups is 1. The lowest BCUT2D eigenvalue weighted by atomic mass is 10.0. The first-order valence-electron chi connectivity index (χ1n) is 6.53. The van der Waals surface area contributed by atoms with Gasteiger partial charge in [-0.3, -0.25) is 4.79 Å². The summed E-state index contributed by atoms with van der Waals surface area (Å²) in [5.41, 5.74) is 3.70. The highest BCUT2D eigenvalue weighted by atomic mass is 16.2. The molecule has 1 atom stereocenters. The first kappa shape index (κ1) is 12.5. The molecule has 0 saturated heterocycles. The zero-order valence-corrected chi connectivity index (χ0v) is 11.4. The van der Waals surface area contributed by atoms with Gasteiger partial charge >= 0.3 is 0 Å². The van der Waals surface area contributed by atoms with Gasteiger partial charge in [-0.05, 0) is 36.8 Å². The predicted molar refractivity (Wildman–Crippen MR) is 79.4 cm³/mol. The van der Waals surface area contributed by atoms with E-state index in [2.05, 4.69) is 20.9 Å². The Kier molecular flexibility index (Phi) is 3.02. The minimum absolute atomic E-state index is 0.000398. The average Bonchev–Trinajstić information content (AvgIpc) is 2.74. The molecule has 0 spiro atoms. The van der Waals surface area contributed by atoms with Crippen molar-refractivity contribution in [1.29, 1.82) is 0 Å². The summed E-state index contributed by atoms with van der Waals surface area (Å²) in [5, 5.41) is 9.23. The molecule has 1 amide bonds. The minimum atomic E-state index is 0.000398. The van der Waals surface area contributed by atoms with E-state index in [0.717, 1.165) is 28.3 Å². The Morgan fingerprint density at radius 2 is 2.00 bits per heavy atom. The summed E-state index contributed by atoms with van der Waals surface area (Å²) in [7, 11) is 1.83. The van der Waals surface area contributed by atoms with Gasteiger partial charge in [0.2, 0.25) is 0 Å². The van der Waals surface area contributed by atoms with Gasteiger partial charge in [0, 0.05) is 36.2 Å². The van der Waals surface area contributed by atoms with Crippen LogP contribution in [0.5, 0.6) is 0 Å². The molecular weight excluding hydrogens is 252 g/mol. The number of pyridine rings is 1. The maximum atomic E-state index is 11.7. The molecular formula is C15H16N4O. The van der Waals surface area contributed by atoms with Crippen LogP contribution in [0.4, 0.5) is 17.2 Å². The highest BCUT2D eigenvalue weighted by Gasteiger charge is 2.25. The number of aromatic nitrogens is 1. The molecule has 5 heteroatoms. The lowest BCUT2D eigenvalue weighted by Crippen LogP contribution is -2.16. The predicted octanol–water partition coefficient (Wildman–Crippen LogP) is 2.67. The Labute approximate surface area is 117 Å². The lowest BCUT2D eigenvalue weighted by Gasteiger charge is -2.10. The first-order chi connectivity index (χ1) is 9.67. The second-order valence-electron chi connectivity index (χ2n) is 4.80. The summed E-state index contributed by atoms with van der Waals surface area (Å²) >= 11 is 0. The minimum Gasteiger partial charge on any atom is -0.373 e. The van der Waals surface area contributed by atoms with Gasteiger partial charge in [-0.1, -0.05) is 0 Å². The van der Waals surface area contributed by atoms with E-state index >= 15 is 0 Å². The number of anilines is 3. The standard InChI is InChI=1S/C15H16N4O/c1-9-13-7-10(3-4-12(13)15(20)18-9)19-11-5-6-17-14(8-11)16-2/h3-9H,1-2H3,(H,18,20)(H2,16,17,19). The number of nitrogens with zero attached hydrogens (tertiary/aromatic N) is 1. The second kappa shape index (κ2) is 4.85. The van der Waals surface area contributed by atoms with E-state index in [9.17, 15) is 4.79 Å². The Morgan fingerprint density at radius 3 is 2.80 bits per heavy atom. The van der Waals surface area contributed by atoms with Crippen LogP contribution in [-0.4, -0.2) is 17.9 Å². The fourth-order valence-corrected chi connectivity index (χ4v) is 2.37. The van der Waals surface area contributed by atoms with E-state index in [-0.39, 0.29) is 11.9 Å². The average molecular weight is 268 g/mol. The molecule has 1 aliphatic heterocycles. The lowest BCUT2D eigenvalue weighted by molar-refractivity contribution is 0.0958. The fraction of sp³-hybridized carbons (Fsp3) is 0.200. The van der Waals surface area contributed by atoms with Gasteiger partial charge in [0.1, 0.15) is 5.82 Å². The summed E-state index contributed by atoms with van der Waals surface area (Å²) in [5.74, 6) is 0.807. The van der Waals surface area contributed by atoms with Crippen LogP contribution in [0.25, 0.3) is 0 Å². The van der Waals surface area contributed by atoms with Crippen LogP contribution in [0, 0.1) is 0 Å². The third-order valence-electron chi connectivity index (χ3n) is 3.42. The SMILES string of the molecule is CNc1cc(Nc2ccc3c(c2)C(C)NC3=O)ccn1. The molecule has 0 aliphatic carbocycles. The van der Waals surface area contributed by atoms with Gasteiger partial charge in [-0.25, -0.2) is 4.98 Å². The van der Waals surface area contributed by atoms with Gasteiger partial charge < -0.3 is 16.0 Å². The number of carbonyl (C=O) groups excluding carboxylic acids is 1. The molecule has 2 heterocycles. The number of hydrogen-bond acceptors (Lipinski definition) is 4. The molecule has 102 valence electrons. The zero-order valence-electron chi connectivity index (χ0n) is 11.4. The van der Waals surface area contributed by atoms with Crippen LogP contribution in [-0.2, 0) is 0 Å². The molecule has 1 aromatic carbocycles. The Morgan fingerprint density at radius 1 is 1.20 bits per heavy atom. The topological polar surface area (TPSA) is 66.0 Å². The third-order valence-corrected chi connectivity index (χ3v) is 3.42. The van der Waals surface area contributed by atoms with E-state index in [0.29, 0.717) is 0 Å². The monoisotopic (exact) mass is 268 g/mol. The number of fused-ring (bicyclic) bond motifs is 1. The zero-order chi connectivity index (χ0) is 14.1. The summed E-state index contributed by atoms with van der Waals surface area (Å²) in [4.78, 5) is 15.9. The van der Waals surface area contributed by atoms with Crippen molar-refractivity contribution in [1.82, 2.24) is 10.3 Å². The fourth-order valence-electron chi connectivity index (χ4n) is 2.37. The van der Waals surface area contributed by atoms with Crippen LogP contribution < -0.4 is 16.0 Å². The summed E-state index contributed by atoms with van der Waals surface area (Å²) in [6.45, 7) is 1.99. The van der Waals surface area contributed by atoms with E-state index < -0.39 is 0 Å². The third kappa shape index (κ3) is 2.18. The van der Waals surface area contributed by atoms with Crippen molar-refractivity contribution in [2.45, 2.75) is 13.0 Å². The van der Waals surface area contributed by atoms with Crippen molar-refractivity contribution in [2.75, 3.05) is 17.7 Å². The summed E-state index contributed by atoms with van der Waals surface area (Å²) in [6, 6.07) is 9.68. The van der Waals surface area contributed by atoms with Gasteiger partial charge in [-0.15, -0.1) is 0 Å². The van der Waals surface area contributed by atoms with Crippen LogP contribution in [0.15, 0.2) is 36.5 Å². The van der Waals surface area contributed by atoms with E-state index in [1.165, 1.54) is 0 Å². The maximum absolute atomic E-state index is 11.7. The van der Waals surface area contributed by atoms with Gasteiger partial charge in [-0.2, -0.15) is 0 Å². The molecule has 0 saturated carbocycles. The molecule has 1 aliphatic rings. The summed E-state index contributed by atoms with van der Waals surface area (Å²) in [6.07, 6.45) is 1.75. The van der Waals surface area contributed by atoms with Crippen LogP contribution >= 0.6 is 0 Å². The molecule has 0 fully saturated rings. The second-order valence-corrected chi connectivity index (χ2v) is 4.80. The van der Waals surface area contributed by atoms with E-state index in [1.54, 1.807) is 6.20 Å². The number of rotatable bonds is 3. The van der Waals surface area contributed by atoms with Crippen molar-refractivity contribution < 1.29 is 4.79 Å². The molecule has 20 heavy (non-hydrogen) atoms. The smallest absolute Gasteiger partial charge is 0.252 e.